The maximum Gasteiger partial charge on any atom is 0.223 e. The van der Waals surface area contributed by atoms with Gasteiger partial charge in [0.05, 0.1) is 27.6 Å². The molecule has 2 fully saturated rings. The largest absolute Gasteiger partial charge is 0.353 e. The summed E-state index contributed by atoms with van der Waals surface area (Å²) in [5, 5.41) is 4.28. The number of aromatic nitrogens is 3. The second kappa shape index (κ2) is 9.28. The van der Waals surface area contributed by atoms with Gasteiger partial charge >= 0.3 is 0 Å². The molecule has 2 aliphatic rings. The molecule has 5 rings (SSSR count). The molecule has 1 aliphatic heterocycles. The average molecular weight is 472 g/mol. The number of hydrogen-bond acceptors (Lipinski definition) is 4. The smallest absolute Gasteiger partial charge is 0.223 e. The van der Waals surface area contributed by atoms with Gasteiger partial charge in [0.2, 0.25) is 11.9 Å². The molecule has 3 heterocycles. The molecule has 1 saturated heterocycles. The van der Waals surface area contributed by atoms with Crippen LogP contribution in [0.3, 0.4) is 0 Å². The summed E-state index contributed by atoms with van der Waals surface area (Å²) in [7, 11) is 0. The number of carbonyl (C=O) groups excluding carboxylic acids is 1. The third-order valence-corrected chi connectivity index (χ3v) is 7.41. The third-order valence-electron chi connectivity index (χ3n) is 6.68. The lowest BCUT2D eigenvalue weighted by Crippen LogP contribution is -2.43. The Hall–Kier alpha value is -2.31. The van der Waals surface area contributed by atoms with Crippen molar-refractivity contribution >= 4 is 46.1 Å². The number of halogens is 2. The van der Waals surface area contributed by atoms with Crippen LogP contribution in [-0.2, 0) is 11.3 Å². The Kier molecular flexibility index (Phi) is 6.24. The second-order valence-electron chi connectivity index (χ2n) is 8.87. The van der Waals surface area contributed by atoms with E-state index < -0.39 is 0 Å². The molecule has 2 aromatic heterocycles. The van der Waals surface area contributed by atoms with E-state index >= 15 is 0 Å². The molecule has 6 nitrogen and oxygen atoms in total. The van der Waals surface area contributed by atoms with Crippen LogP contribution in [0, 0.1) is 5.92 Å². The van der Waals surface area contributed by atoms with Crippen molar-refractivity contribution in [2.45, 2.75) is 51.1 Å². The highest BCUT2D eigenvalue weighted by molar-refractivity contribution is 6.42. The average Bonchev–Trinajstić information content (AvgIpc) is 3.43. The molecule has 3 aromatic rings. The predicted octanol–water partition coefficient (Wildman–Crippen LogP) is 5.06. The van der Waals surface area contributed by atoms with Crippen molar-refractivity contribution in [2.24, 2.45) is 5.92 Å². The number of pyridine rings is 1. The van der Waals surface area contributed by atoms with Crippen molar-refractivity contribution in [2.75, 3.05) is 18.0 Å². The van der Waals surface area contributed by atoms with Gasteiger partial charge in [-0.25, -0.2) is 4.98 Å². The van der Waals surface area contributed by atoms with E-state index in [2.05, 4.69) is 25.8 Å². The number of rotatable bonds is 5. The number of hydrogen-bond donors (Lipinski definition) is 1. The lowest BCUT2D eigenvalue weighted by molar-refractivity contribution is -0.126. The van der Waals surface area contributed by atoms with E-state index in [9.17, 15) is 4.79 Å². The van der Waals surface area contributed by atoms with Crippen LogP contribution in [0.2, 0.25) is 10.0 Å². The fourth-order valence-corrected chi connectivity index (χ4v) is 5.23. The third kappa shape index (κ3) is 4.44. The molecule has 0 spiro atoms. The molecule has 0 radical (unpaired) electrons. The minimum absolute atomic E-state index is 0.0758. The Morgan fingerprint density at radius 2 is 1.84 bits per heavy atom. The normalized spacial score (nSPS) is 17.9. The number of carbonyl (C=O) groups is 1. The zero-order valence-corrected chi connectivity index (χ0v) is 19.4. The van der Waals surface area contributed by atoms with Crippen LogP contribution in [0.4, 0.5) is 5.95 Å². The molecule has 32 heavy (non-hydrogen) atoms. The van der Waals surface area contributed by atoms with E-state index in [1.54, 1.807) is 6.20 Å². The van der Waals surface area contributed by atoms with Gasteiger partial charge in [-0.05, 0) is 49.4 Å². The molecule has 0 atom stereocenters. The number of nitrogens with one attached hydrogen (secondary N) is 1. The number of amides is 1. The lowest BCUT2D eigenvalue weighted by Gasteiger charge is -2.33. The van der Waals surface area contributed by atoms with Gasteiger partial charge in [-0.15, -0.1) is 0 Å². The van der Waals surface area contributed by atoms with E-state index in [4.69, 9.17) is 28.2 Å². The number of piperidine rings is 1. The minimum Gasteiger partial charge on any atom is -0.353 e. The predicted molar refractivity (Wildman–Crippen MR) is 128 cm³/mol. The SMILES string of the molecule is O=C(NC1CCCC1)C1CCN(c2nc3cc(Cl)c(Cl)cc3n2Cc2cccnc2)CC1. The van der Waals surface area contributed by atoms with Gasteiger partial charge in [0.25, 0.3) is 0 Å². The van der Waals surface area contributed by atoms with Crippen LogP contribution in [-0.4, -0.2) is 39.6 Å². The minimum atomic E-state index is 0.0758. The summed E-state index contributed by atoms with van der Waals surface area (Å²) in [6.07, 6.45) is 9.99. The molecule has 168 valence electrons. The number of nitrogens with zero attached hydrogens (tertiary/aromatic N) is 4. The van der Waals surface area contributed by atoms with Crippen molar-refractivity contribution in [3.8, 4) is 0 Å². The van der Waals surface area contributed by atoms with E-state index in [0.29, 0.717) is 22.6 Å². The number of benzene rings is 1. The molecule has 1 N–H and O–H groups in total. The summed E-state index contributed by atoms with van der Waals surface area (Å²) in [5.41, 5.74) is 2.85. The van der Waals surface area contributed by atoms with Gasteiger partial charge in [0.1, 0.15) is 0 Å². The first-order valence-corrected chi connectivity index (χ1v) is 12.1. The monoisotopic (exact) mass is 471 g/mol. The molecule has 1 aromatic carbocycles. The van der Waals surface area contributed by atoms with E-state index in [1.807, 2.05) is 24.4 Å². The highest BCUT2D eigenvalue weighted by Gasteiger charge is 2.29. The van der Waals surface area contributed by atoms with E-state index in [0.717, 1.165) is 61.3 Å². The van der Waals surface area contributed by atoms with Crippen LogP contribution in [0.1, 0.15) is 44.1 Å². The van der Waals surface area contributed by atoms with Gasteiger partial charge in [0, 0.05) is 37.4 Å². The van der Waals surface area contributed by atoms with Crippen LogP contribution < -0.4 is 10.2 Å². The first-order chi connectivity index (χ1) is 15.6. The zero-order chi connectivity index (χ0) is 22.1. The molecule has 1 amide bonds. The maximum atomic E-state index is 12.7. The van der Waals surface area contributed by atoms with Crippen molar-refractivity contribution in [1.82, 2.24) is 19.9 Å². The summed E-state index contributed by atoms with van der Waals surface area (Å²) in [6, 6.07) is 8.07. The fourth-order valence-electron chi connectivity index (χ4n) is 4.91. The van der Waals surface area contributed by atoms with Gasteiger partial charge in [-0.1, -0.05) is 42.1 Å². The van der Waals surface area contributed by atoms with E-state index in [1.165, 1.54) is 12.8 Å². The first-order valence-electron chi connectivity index (χ1n) is 11.4. The summed E-state index contributed by atoms with van der Waals surface area (Å²) >= 11 is 12.6. The van der Waals surface area contributed by atoms with Crippen molar-refractivity contribution in [1.29, 1.82) is 0 Å². The molecule has 0 unspecified atom stereocenters. The summed E-state index contributed by atoms with van der Waals surface area (Å²) in [5.74, 6) is 1.18. The Morgan fingerprint density at radius 1 is 1.09 bits per heavy atom. The Balaban J connectivity index is 1.37. The molecular formula is C24H27Cl2N5O. The number of anilines is 1. The highest BCUT2D eigenvalue weighted by Crippen LogP contribution is 2.33. The quantitative estimate of drug-likeness (QED) is 0.564. The second-order valence-corrected chi connectivity index (χ2v) is 9.68. The number of fused-ring (bicyclic) bond motifs is 1. The first kappa shape index (κ1) is 21.5. The van der Waals surface area contributed by atoms with Crippen molar-refractivity contribution < 1.29 is 4.79 Å². The highest BCUT2D eigenvalue weighted by atomic mass is 35.5. The maximum absolute atomic E-state index is 12.7. The van der Waals surface area contributed by atoms with Crippen LogP contribution in [0.15, 0.2) is 36.7 Å². The van der Waals surface area contributed by atoms with E-state index in [-0.39, 0.29) is 11.8 Å². The van der Waals surface area contributed by atoms with Crippen molar-refractivity contribution in [3.05, 3.63) is 52.3 Å². The Bertz CT molecular complexity index is 1100. The van der Waals surface area contributed by atoms with Gasteiger partial charge in [-0.3, -0.25) is 9.78 Å². The summed E-state index contributed by atoms with van der Waals surface area (Å²) < 4.78 is 2.17. The Morgan fingerprint density at radius 3 is 2.56 bits per heavy atom. The van der Waals surface area contributed by atoms with Crippen LogP contribution >= 0.6 is 23.2 Å². The zero-order valence-electron chi connectivity index (χ0n) is 17.9. The summed E-state index contributed by atoms with van der Waals surface area (Å²) in [4.78, 5) is 24.2. The topological polar surface area (TPSA) is 63.1 Å². The standard InChI is InChI=1S/C24H27Cl2N5O/c25-19-12-21-22(13-20(19)26)31(15-16-4-3-9-27-14-16)24(29-21)30-10-7-17(8-11-30)23(32)28-18-5-1-2-6-18/h3-4,9,12-14,17-18H,1-2,5-8,10-11,15H2,(H,28,32). The van der Waals surface area contributed by atoms with Crippen LogP contribution in [0.25, 0.3) is 11.0 Å². The van der Waals surface area contributed by atoms with Crippen LogP contribution in [0.5, 0.6) is 0 Å². The van der Waals surface area contributed by atoms with Crippen molar-refractivity contribution in [3.63, 3.8) is 0 Å². The molecule has 8 heteroatoms. The van der Waals surface area contributed by atoms with Gasteiger partial charge in [0.15, 0.2) is 0 Å². The number of imidazole rings is 1. The summed E-state index contributed by atoms with van der Waals surface area (Å²) in [6.45, 7) is 2.22. The lowest BCUT2D eigenvalue weighted by atomic mass is 9.95. The fraction of sp³-hybridized carbons (Fsp3) is 0.458. The molecule has 1 saturated carbocycles. The molecular weight excluding hydrogens is 445 g/mol. The van der Waals surface area contributed by atoms with Gasteiger partial charge in [-0.2, -0.15) is 0 Å². The Labute approximate surface area is 197 Å². The molecule has 1 aliphatic carbocycles. The molecule has 0 bridgehead atoms. The van der Waals surface area contributed by atoms with Gasteiger partial charge < -0.3 is 14.8 Å².